The molecule has 0 unspecified atom stereocenters. The number of aliphatic hydroxyl groups is 1. The van der Waals surface area contributed by atoms with E-state index in [1.165, 1.54) is 12.4 Å². The Morgan fingerprint density at radius 2 is 2.05 bits per heavy atom. The molecule has 6 nitrogen and oxygen atoms in total. The molecule has 0 aliphatic carbocycles. The molecule has 2 heterocycles. The molecule has 1 aliphatic rings. The summed E-state index contributed by atoms with van der Waals surface area (Å²) >= 11 is 0. The SMILES string of the molecule is O=C1CCc2cc(Oc3ncc(CO)cn3)ccc2N1. The number of nitrogens with one attached hydrogen (secondary N) is 1. The number of hydrogen-bond donors (Lipinski definition) is 2. The lowest BCUT2D eigenvalue weighted by Gasteiger charge is -2.17. The normalized spacial score (nSPS) is 13.6. The van der Waals surface area contributed by atoms with Gasteiger partial charge in [-0.2, -0.15) is 0 Å². The molecule has 0 fully saturated rings. The molecule has 102 valence electrons. The minimum atomic E-state index is -0.0984. The van der Waals surface area contributed by atoms with Crippen LogP contribution < -0.4 is 10.1 Å². The summed E-state index contributed by atoms with van der Waals surface area (Å²) in [6.45, 7) is -0.0984. The van der Waals surface area contributed by atoms with Gasteiger partial charge in [0, 0.05) is 30.1 Å². The maximum atomic E-state index is 11.3. The van der Waals surface area contributed by atoms with Crippen LogP contribution in [0.2, 0.25) is 0 Å². The van der Waals surface area contributed by atoms with Gasteiger partial charge in [0.05, 0.1) is 6.61 Å². The summed E-state index contributed by atoms with van der Waals surface area (Å²) in [5, 5.41) is 11.7. The third kappa shape index (κ3) is 2.60. The number of aliphatic hydroxyl groups excluding tert-OH is 1. The summed E-state index contributed by atoms with van der Waals surface area (Å²) in [7, 11) is 0. The highest BCUT2D eigenvalue weighted by atomic mass is 16.5. The summed E-state index contributed by atoms with van der Waals surface area (Å²) in [6, 6.07) is 5.66. The standard InChI is InChI=1S/C14H13N3O3/c18-8-9-6-15-14(16-7-9)20-11-2-3-12-10(5-11)1-4-13(19)17-12/h2-3,5-7,18H,1,4,8H2,(H,17,19). The second-order valence-corrected chi connectivity index (χ2v) is 4.50. The Morgan fingerprint density at radius 1 is 1.25 bits per heavy atom. The van der Waals surface area contributed by atoms with Gasteiger partial charge in [-0.15, -0.1) is 0 Å². The number of benzene rings is 1. The van der Waals surface area contributed by atoms with E-state index in [4.69, 9.17) is 9.84 Å². The molecule has 1 aliphatic heterocycles. The number of carbonyl (C=O) groups excluding carboxylic acids is 1. The van der Waals surface area contributed by atoms with Crippen molar-refractivity contribution in [3.8, 4) is 11.8 Å². The van der Waals surface area contributed by atoms with Crippen molar-refractivity contribution in [2.24, 2.45) is 0 Å². The van der Waals surface area contributed by atoms with Crippen molar-refractivity contribution in [1.82, 2.24) is 9.97 Å². The van der Waals surface area contributed by atoms with E-state index in [2.05, 4.69) is 15.3 Å². The van der Waals surface area contributed by atoms with E-state index in [9.17, 15) is 4.79 Å². The third-order valence-electron chi connectivity index (χ3n) is 3.05. The molecular weight excluding hydrogens is 258 g/mol. The Balaban J connectivity index is 1.79. The summed E-state index contributed by atoms with van der Waals surface area (Å²) < 4.78 is 5.55. The Kier molecular flexibility index (Phi) is 3.30. The van der Waals surface area contributed by atoms with Crippen molar-refractivity contribution in [2.45, 2.75) is 19.4 Å². The summed E-state index contributed by atoms with van der Waals surface area (Å²) in [5.41, 5.74) is 2.49. The highest BCUT2D eigenvalue weighted by Gasteiger charge is 2.15. The zero-order valence-corrected chi connectivity index (χ0v) is 10.7. The second kappa shape index (κ2) is 5.26. The van der Waals surface area contributed by atoms with E-state index in [0.29, 0.717) is 24.2 Å². The molecule has 1 amide bonds. The summed E-state index contributed by atoms with van der Waals surface area (Å²) in [6.07, 6.45) is 4.21. The highest BCUT2D eigenvalue weighted by molar-refractivity contribution is 5.93. The number of nitrogens with zero attached hydrogens (tertiary/aromatic N) is 2. The quantitative estimate of drug-likeness (QED) is 0.886. The largest absolute Gasteiger partial charge is 0.424 e. The first-order chi connectivity index (χ1) is 9.74. The number of ether oxygens (including phenoxy) is 1. The first-order valence-corrected chi connectivity index (χ1v) is 6.27. The number of rotatable bonds is 3. The van der Waals surface area contributed by atoms with E-state index in [0.717, 1.165) is 11.3 Å². The molecule has 0 bridgehead atoms. The molecule has 0 saturated carbocycles. The van der Waals surface area contributed by atoms with Gasteiger partial charge in [-0.25, -0.2) is 9.97 Å². The van der Waals surface area contributed by atoms with Gasteiger partial charge < -0.3 is 15.2 Å². The van der Waals surface area contributed by atoms with Crippen molar-refractivity contribution < 1.29 is 14.6 Å². The molecule has 6 heteroatoms. The van der Waals surface area contributed by atoms with Crippen LogP contribution in [0.5, 0.6) is 11.8 Å². The number of hydrogen-bond acceptors (Lipinski definition) is 5. The fourth-order valence-corrected chi connectivity index (χ4v) is 2.01. The van der Waals surface area contributed by atoms with Gasteiger partial charge in [0.2, 0.25) is 5.91 Å². The number of anilines is 1. The number of aryl methyl sites for hydroxylation is 1. The van der Waals surface area contributed by atoms with Gasteiger partial charge >= 0.3 is 6.01 Å². The van der Waals surface area contributed by atoms with Gasteiger partial charge in [0.25, 0.3) is 0 Å². The molecule has 0 radical (unpaired) electrons. The Labute approximate surface area is 115 Å². The van der Waals surface area contributed by atoms with Crippen molar-refractivity contribution >= 4 is 11.6 Å². The lowest BCUT2D eigenvalue weighted by atomic mass is 10.0. The molecule has 0 atom stereocenters. The lowest BCUT2D eigenvalue weighted by Crippen LogP contribution is -2.18. The topological polar surface area (TPSA) is 84.3 Å². The summed E-state index contributed by atoms with van der Waals surface area (Å²) in [4.78, 5) is 19.3. The maximum absolute atomic E-state index is 11.3. The lowest BCUT2D eigenvalue weighted by molar-refractivity contribution is -0.116. The van der Waals surface area contributed by atoms with Crippen LogP contribution >= 0.6 is 0 Å². The van der Waals surface area contributed by atoms with E-state index < -0.39 is 0 Å². The van der Waals surface area contributed by atoms with E-state index in [-0.39, 0.29) is 18.5 Å². The molecule has 2 N–H and O–H groups in total. The second-order valence-electron chi connectivity index (χ2n) is 4.50. The minimum absolute atomic E-state index is 0.0362. The molecule has 0 spiro atoms. The van der Waals surface area contributed by atoms with Crippen LogP contribution in [-0.4, -0.2) is 21.0 Å². The molecule has 20 heavy (non-hydrogen) atoms. The number of fused-ring (bicyclic) bond motifs is 1. The minimum Gasteiger partial charge on any atom is -0.424 e. The predicted molar refractivity (Wildman–Crippen MR) is 71.4 cm³/mol. The highest BCUT2D eigenvalue weighted by Crippen LogP contribution is 2.28. The van der Waals surface area contributed by atoms with E-state index in [1.807, 2.05) is 12.1 Å². The monoisotopic (exact) mass is 271 g/mol. The van der Waals surface area contributed by atoms with Crippen LogP contribution in [0.15, 0.2) is 30.6 Å². The zero-order valence-electron chi connectivity index (χ0n) is 10.7. The van der Waals surface area contributed by atoms with Crippen LogP contribution in [0, 0.1) is 0 Å². The van der Waals surface area contributed by atoms with E-state index >= 15 is 0 Å². The van der Waals surface area contributed by atoms with Gasteiger partial charge in [-0.3, -0.25) is 4.79 Å². The average molecular weight is 271 g/mol. The van der Waals surface area contributed by atoms with Crippen molar-refractivity contribution in [2.75, 3.05) is 5.32 Å². The predicted octanol–water partition coefficient (Wildman–Crippen LogP) is 1.65. The Morgan fingerprint density at radius 3 is 2.80 bits per heavy atom. The number of aromatic nitrogens is 2. The fraction of sp³-hybridized carbons (Fsp3) is 0.214. The molecular formula is C14H13N3O3. The third-order valence-corrected chi connectivity index (χ3v) is 3.05. The molecule has 2 aromatic rings. The van der Waals surface area contributed by atoms with Crippen LogP contribution in [0.25, 0.3) is 0 Å². The van der Waals surface area contributed by atoms with Gasteiger partial charge in [-0.05, 0) is 30.2 Å². The van der Waals surface area contributed by atoms with Gasteiger partial charge in [0.1, 0.15) is 5.75 Å². The van der Waals surface area contributed by atoms with E-state index in [1.54, 1.807) is 6.07 Å². The molecule has 3 rings (SSSR count). The maximum Gasteiger partial charge on any atom is 0.321 e. The van der Waals surface area contributed by atoms with Crippen molar-refractivity contribution in [3.63, 3.8) is 0 Å². The first kappa shape index (κ1) is 12.6. The number of amides is 1. The molecule has 1 aromatic carbocycles. The van der Waals surface area contributed by atoms with Crippen LogP contribution in [0.1, 0.15) is 17.5 Å². The Hall–Kier alpha value is -2.47. The first-order valence-electron chi connectivity index (χ1n) is 6.27. The fourth-order valence-electron chi connectivity index (χ4n) is 2.01. The zero-order chi connectivity index (χ0) is 13.9. The smallest absolute Gasteiger partial charge is 0.321 e. The number of carbonyl (C=O) groups is 1. The van der Waals surface area contributed by atoms with Crippen LogP contribution in [0.3, 0.4) is 0 Å². The van der Waals surface area contributed by atoms with Gasteiger partial charge in [-0.1, -0.05) is 0 Å². The van der Waals surface area contributed by atoms with Gasteiger partial charge in [0.15, 0.2) is 0 Å². The van der Waals surface area contributed by atoms with Crippen LogP contribution in [0.4, 0.5) is 5.69 Å². The van der Waals surface area contributed by atoms with Crippen LogP contribution in [-0.2, 0) is 17.8 Å². The Bertz CT molecular complexity index is 641. The van der Waals surface area contributed by atoms with Crippen molar-refractivity contribution in [3.05, 3.63) is 41.7 Å². The van der Waals surface area contributed by atoms with Crippen molar-refractivity contribution in [1.29, 1.82) is 0 Å². The summed E-state index contributed by atoms with van der Waals surface area (Å²) in [5.74, 6) is 0.658. The average Bonchev–Trinajstić information content (AvgIpc) is 2.48. The molecule has 1 aromatic heterocycles. The molecule has 0 saturated heterocycles.